The van der Waals surface area contributed by atoms with Gasteiger partial charge in [-0.25, -0.2) is 4.79 Å². The van der Waals surface area contributed by atoms with E-state index in [1.807, 2.05) is 18.2 Å². The molecule has 6 heteroatoms. The van der Waals surface area contributed by atoms with Crippen molar-refractivity contribution < 1.29 is 14.3 Å². The summed E-state index contributed by atoms with van der Waals surface area (Å²) >= 11 is 3.52. The van der Waals surface area contributed by atoms with Crippen LogP contribution in [0.5, 0.6) is 5.75 Å². The average Bonchev–Trinajstić information content (AvgIpc) is 2.93. The van der Waals surface area contributed by atoms with Gasteiger partial charge < -0.3 is 9.47 Å². The smallest absolute Gasteiger partial charge is 0.341 e. The molecule has 2 aromatic rings. The molecule has 1 heterocycles. The summed E-state index contributed by atoms with van der Waals surface area (Å²) in [7, 11) is 2.99. The Labute approximate surface area is 125 Å². The third-order valence-electron chi connectivity index (χ3n) is 3.03. The standard InChI is InChI=1S/C14H15BrN2O3/c1-19-10-5-3-9(12(15)7-10)4-6-13-11(8-16-17-13)14(18)20-2/h3,5,7-8H,4,6H2,1-2H3,(H,16,17). The Balaban J connectivity index is 2.09. The molecule has 0 aliphatic heterocycles. The maximum atomic E-state index is 11.5. The second-order valence-corrected chi connectivity index (χ2v) is 5.07. The maximum Gasteiger partial charge on any atom is 0.341 e. The van der Waals surface area contributed by atoms with Crippen molar-refractivity contribution in [3.8, 4) is 5.75 Å². The van der Waals surface area contributed by atoms with Gasteiger partial charge >= 0.3 is 5.97 Å². The number of aryl methyl sites for hydroxylation is 2. The number of nitrogens with zero attached hydrogens (tertiary/aromatic N) is 1. The van der Waals surface area contributed by atoms with E-state index in [0.29, 0.717) is 12.0 Å². The highest BCUT2D eigenvalue weighted by atomic mass is 79.9. The van der Waals surface area contributed by atoms with Gasteiger partial charge in [0.15, 0.2) is 0 Å². The molecular weight excluding hydrogens is 324 g/mol. The summed E-state index contributed by atoms with van der Waals surface area (Å²) in [5.74, 6) is 0.431. The first-order valence-corrected chi connectivity index (χ1v) is 6.88. The number of carbonyl (C=O) groups is 1. The lowest BCUT2D eigenvalue weighted by atomic mass is 10.1. The maximum absolute atomic E-state index is 11.5. The molecule has 106 valence electrons. The summed E-state index contributed by atoms with van der Waals surface area (Å²) in [5.41, 5.74) is 2.40. The number of H-pyrrole nitrogens is 1. The molecule has 0 fully saturated rings. The molecule has 1 aromatic carbocycles. The third-order valence-corrected chi connectivity index (χ3v) is 3.77. The highest BCUT2D eigenvalue weighted by molar-refractivity contribution is 9.10. The van der Waals surface area contributed by atoms with Gasteiger partial charge in [0, 0.05) is 4.47 Å². The highest BCUT2D eigenvalue weighted by Crippen LogP contribution is 2.24. The number of aromatic nitrogens is 2. The normalized spacial score (nSPS) is 10.3. The lowest BCUT2D eigenvalue weighted by Crippen LogP contribution is -2.05. The Morgan fingerprint density at radius 3 is 2.80 bits per heavy atom. The van der Waals surface area contributed by atoms with Gasteiger partial charge in [-0.15, -0.1) is 0 Å². The second kappa shape index (κ2) is 6.56. The molecule has 0 saturated carbocycles. The van der Waals surface area contributed by atoms with Crippen LogP contribution >= 0.6 is 15.9 Å². The van der Waals surface area contributed by atoms with E-state index in [4.69, 9.17) is 9.47 Å². The van der Waals surface area contributed by atoms with E-state index >= 15 is 0 Å². The van der Waals surface area contributed by atoms with E-state index in [1.54, 1.807) is 7.11 Å². The highest BCUT2D eigenvalue weighted by Gasteiger charge is 2.14. The Morgan fingerprint density at radius 2 is 2.15 bits per heavy atom. The monoisotopic (exact) mass is 338 g/mol. The van der Waals surface area contributed by atoms with Crippen LogP contribution in [0.1, 0.15) is 21.6 Å². The zero-order valence-corrected chi connectivity index (χ0v) is 12.9. The first kappa shape index (κ1) is 14.6. The minimum atomic E-state index is -0.373. The molecule has 0 spiro atoms. The number of ether oxygens (including phenoxy) is 2. The molecule has 0 aliphatic rings. The molecule has 1 N–H and O–H groups in total. The van der Waals surface area contributed by atoms with Crippen LogP contribution in [0.4, 0.5) is 0 Å². The van der Waals surface area contributed by atoms with Gasteiger partial charge in [0.2, 0.25) is 0 Å². The van der Waals surface area contributed by atoms with Gasteiger partial charge in [0.05, 0.1) is 26.1 Å². The van der Waals surface area contributed by atoms with E-state index in [0.717, 1.165) is 27.9 Å². The van der Waals surface area contributed by atoms with Gasteiger partial charge in [-0.3, -0.25) is 5.10 Å². The minimum Gasteiger partial charge on any atom is -0.497 e. The van der Waals surface area contributed by atoms with Crippen molar-refractivity contribution in [2.24, 2.45) is 0 Å². The van der Waals surface area contributed by atoms with E-state index in [9.17, 15) is 4.79 Å². The first-order chi connectivity index (χ1) is 9.65. The van der Waals surface area contributed by atoms with E-state index in [1.165, 1.54) is 13.3 Å². The number of methoxy groups -OCH3 is 2. The van der Waals surface area contributed by atoms with Crippen molar-refractivity contribution in [3.63, 3.8) is 0 Å². The number of nitrogens with one attached hydrogen (secondary N) is 1. The van der Waals surface area contributed by atoms with Gasteiger partial charge in [-0.2, -0.15) is 5.10 Å². The second-order valence-electron chi connectivity index (χ2n) is 4.21. The van der Waals surface area contributed by atoms with Crippen LogP contribution in [0.25, 0.3) is 0 Å². The summed E-state index contributed by atoms with van der Waals surface area (Å²) in [6.07, 6.45) is 2.94. The fourth-order valence-corrected chi connectivity index (χ4v) is 2.46. The topological polar surface area (TPSA) is 64.2 Å². The molecule has 0 bridgehead atoms. The Kier molecular flexibility index (Phi) is 4.79. The summed E-state index contributed by atoms with van der Waals surface area (Å²) in [5, 5.41) is 6.74. The van der Waals surface area contributed by atoms with Gasteiger partial charge in [0.1, 0.15) is 11.3 Å². The summed E-state index contributed by atoms with van der Waals surface area (Å²) in [4.78, 5) is 11.5. The van der Waals surface area contributed by atoms with Crippen LogP contribution in [0.3, 0.4) is 0 Å². The Bertz CT molecular complexity index is 610. The quantitative estimate of drug-likeness (QED) is 0.851. The zero-order chi connectivity index (χ0) is 14.5. The molecule has 0 radical (unpaired) electrons. The van der Waals surface area contributed by atoms with Crippen molar-refractivity contribution in [2.75, 3.05) is 14.2 Å². The number of benzene rings is 1. The zero-order valence-electron chi connectivity index (χ0n) is 11.3. The van der Waals surface area contributed by atoms with Crippen molar-refractivity contribution in [3.05, 3.63) is 45.7 Å². The molecule has 0 unspecified atom stereocenters. The van der Waals surface area contributed by atoms with Gasteiger partial charge in [0.25, 0.3) is 0 Å². The molecule has 20 heavy (non-hydrogen) atoms. The molecule has 0 aliphatic carbocycles. The largest absolute Gasteiger partial charge is 0.497 e. The lowest BCUT2D eigenvalue weighted by Gasteiger charge is -2.07. The molecule has 5 nitrogen and oxygen atoms in total. The van der Waals surface area contributed by atoms with E-state index in [-0.39, 0.29) is 5.97 Å². The van der Waals surface area contributed by atoms with Crippen LogP contribution in [0.15, 0.2) is 28.9 Å². The molecule has 0 atom stereocenters. The van der Waals surface area contributed by atoms with Crippen LogP contribution in [-0.4, -0.2) is 30.4 Å². The van der Waals surface area contributed by atoms with Crippen molar-refractivity contribution in [2.45, 2.75) is 12.8 Å². The predicted octanol–water partition coefficient (Wildman–Crippen LogP) is 2.75. The van der Waals surface area contributed by atoms with Gasteiger partial charge in [-0.1, -0.05) is 22.0 Å². The number of aromatic amines is 1. The van der Waals surface area contributed by atoms with Crippen LogP contribution < -0.4 is 4.74 Å². The Hall–Kier alpha value is -1.82. The fraction of sp³-hybridized carbons (Fsp3) is 0.286. The molecule has 0 saturated heterocycles. The van der Waals surface area contributed by atoms with Crippen molar-refractivity contribution >= 4 is 21.9 Å². The number of carbonyl (C=O) groups excluding carboxylic acids is 1. The number of rotatable bonds is 5. The van der Waals surface area contributed by atoms with E-state index < -0.39 is 0 Å². The lowest BCUT2D eigenvalue weighted by molar-refractivity contribution is 0.0599. The van der Waals surface area contributed by atoms with Crippen LogP contribution in [0.2, 0.25) is 0 Å². The van der Waals surface area contributed by atoms with Crippen LogP contribution in [0, 0.1) is 0 Å². The number of halogens is 1. The number of esters is 1. The number of hydrogen-bond donors (Lipinski definition) is 1. The van der Waals surface area contributed by atoms with Crippen molar-refractivity contribution in [1.82, 2.24) is 10.2 Å². The average molecular weight is 339 g/mol. The predicted molar refractivity (Wildman–Crippen MR) is 78.0 cm³/mol. The molecular formula is C14H15BrN2O3. The first-order valence-electron chi connectivity index (χ1n) is 6.08. The summed E-state index contributed by atoms with van der Waals surface area (Å²) in [6.45, 7) is 0. The van der Waals surface area contributed by atoms with Crippen molar-refractivity contribution in [1.29, 1.82) is 0 Å². The Morgan fingerprint density at radius 1 is 1.35 bits per heavy atom. The minimum absolute atomic E-state index is 0.373. The molecule has 2 rings (SSSR count). The summed E-state index contributed by atoms with van der Waals surface area (Å²) < 4.78 is 10.9. The van der Waals surface area contributed by atoms with Gasteiger partial charge in [-0.05, 0) is 30.5 Å². The third kappa shape index (κ3) is 3.19. The number of hydrogen-bond acceptors (Lipinski definition) is 4. The van der Waals surface area contributed by atoms with E-state index in [2.05, 4.69) is 26.1 Å². The molecule has 1 aromatic heterocycles. The molecule has 0 amide bonds. The fourth-order valence-electron chi connectivity index (χ4n) is 1.91. The SMILES string of the molecule is COC(=O)c1cn[nH]c1CCc1ccc(OC)cc1Br. The van der Waals surface area contributed by atoms with Crippen LogP contribution in [-0.2, 0) is 17.6 Å². The summed E-state index contributed by atoms with van der Waals surface area (Å²) in [6, 6.07) is 5.83.